The van der Waals surface area contributed by atoms with E-state index in [2.05, 4.69) is 26.0 Å². The first-order valence-corrected chi connectivity index (χ1v) is 6.73. The van der Waals surface area contributed by atoms with E-state index in [1.165, 1.54) is 0 Å². The zero-order valence-electron chi connectivity index (χ0n) is 11.0. The van der Waals surface area contributed by atoms with Crippen molar-refractivity contribution in [2.45, 2.75) is 13.5 Å². The number of benzene rings is 2. The molecule has 2 aromatic carbocycles. The van der Waals surface area contributed by atoms with Gasteiger partial charge in [0.25, 0.3) is 0 Å². The number of hydrogen-bond acceptors (Lipinski definition) is 3. The van der Waals surface area contributed by atoms with Crippen molar-refractivity contribution in [3.05, 3.63) is 46.2 Å². The molecule has 21 heavy (non-hydrogen) atoms. The number of nitrogen functional groups attached to an aromatic ring is 1. The van der Waals surface area contributed by atoms with Gasteiger partial charge >= 0.3 is 6.61 Å². The molecule has 0 bridgehead atoms. The van der Waals surface area contributed by atoms with Crippen molar-refractivity contribution in [1.82, 2.24) is 0 Å². The zero-order chi connectivity index (χ0) is 15.6. The van der Waals surface area contributed by atoms with Gasteiger partial charge < -0.3 is 15.8 Å². The second-order valence-electron chi connectivity index (χ2n) is 4.29. The smallest absolute Gasteiger partial charge is 0.387 e. The van der Waals surface area contributed by atoms with Gasteiger partial charge in [0.15, 0.2) is 11.6 Å². The summed E-state index contributed by atoms with van der Waals surface area (Å²) in [5.41, 5.74) is 7.69. The fourth-order valence-electron chi connectivity index (χ4n) is 1.75. The van der Waals surface area contributed by atoms with E-state index < -0.39 is 18.2 Å². The summed E-state index contributed by atoms with van der Waals surface area (Å²) in [6.45, 7) is -1.24. The molecule has 112 valence electrons. The van der Waals surface area contributed by atoms with Gasteiger partial charge in [0.05, 0.1) is 11.4 Å². The fourth-order valence-corrected chi connectivity index (χ4v) is 2.12. The number of alkyl halides is 2. The standard InChI is InChI=1S/C14H12BrF3N2O/c1-7-8(15)3-2-4-11(7)20-12-6-13(21-14(17)18)9(16)5-10(12)19/h2-6,14,20H,19H2,1H3. The molecule has 2 aromatic rings. The van der Waals surface area contributed by atoms with E-state index in [4.69, 9.17) is 5.73 Å². The lowest BCUT2D eigenvalue weighted by molar-refractivity contribution is -0.0521. The van der Waals surface area contributed by atoms with Gasteiger partial charge in [0.1, 0.15) is 0 Å². The predicted molar refractivity (Wildman–Crippen MR) is 79.6 cm³/mol. The summed E-state index contributed by atoms with van der Waals surface area (Å²) in [7, 11) is 0. The van der Waals surface area contributed by atoms with Crippen molar-refractivity contribution in [3.63, 3.8) is 0 Å². The maximum absolute atomic E-state index is 13.5. The molecule has 0 aliphatic heterocycles. The predicted octanol–water partition coefficient (Wildman–Crippen LogP) is 4.82. The number of halogens is 4. The number of nitrogens with two attached hydrogens (primary N) is 1. The van der Waals surface area contributed by atoms with Crippen molar-refractivity contribution in [1.29, 1.82) is 0 Å². The van der Waals surface area contributed by atoms with Crippen LogP contribution in [0.4, 0.5) is 30.2 Å². The Kier molecular flexibility index (Phi) is 4.62. The van der Waals surface area contributed by atoms with Gasteiger partial charge in [-0.1, -0.05) is 22.0 Å². The van der Waals surface area contributed by atoms with Gasteiger partial charge in [0, 0.05) is 22.3 Å². The highest BCUT2D eigenvalue weighted by molar-refractivity contribution is 9.10. The van der Waals surface area contributed by atoms with Crippen LogP contribution in [0.2, 0.25) is 0 Å². The van der Waals surface area contributed by atoms with Crippen LogP contribution in [-0.2, 0) is 0 Å². The first-order valence-electron chi connectivity index (χ1n) is 5.94. The highest BCUT2D eigenvalue weighted by Crippen LogP contribution is 2.33. The largest absolute Gasteiger partial charge is 0.432 e. The van der Waals surface area contributed by atoms with Crippen molar-refractivity contribution in [3.8, 4) is 5.75 Å². The van der Waals surface area contributed by atoms with Crippen molar-refractivity contribution in [2.75, 3.05) is 11.1 Å². The van der Waals surface area contributed by atoms with E-state index in [0.29, 0.717) is 5.69 Å². The van der Waals surface area contributed by atoms with E-state index in [1.807, 2.05) is 13.0 Å². The van der Waals surface area contributed by atoms with Gasteiger partial charge in [-0.3, -0.25) is 0 Å². The first-order chi connectivity index (χ1) is 9.88. The third-order valence-corrected chi connectivity index (χ3v) is 3.72. The molecule has 7 heteroatoms. The molecule has 0 fully saturated rings. The molecule has 0 spiro atoms. The van der Waals surface area contributed by atoms with Crippen molar-refractivity contribution >= 4 is 33.0 Å². The van der Waals surface area contributed by atoms with Crippen LogP contribution >= 0.6 is 15.9 Å². The van der Waals surface area contributed by atoms with E-state index in [1.54, 1.807) is 12.1 Å². The summed E-state index contributed by atoms with van der Waals surface area (Å²) in [6.07, 6.45) is 0. The van der Waals surface area contributed by atoms with Crippen LogP contribution in [0.25, 0.3) is 0 Å². The topological polar surface area (TPSA) is 47.3 Å². The SMILES string of the molecule is Cc1c(Br)cccc1Nc1cc(OC(F)F)c(F)cc1N. The Morgan fingerprint density at radius 3 is 2.62 bits per heavy atom. The molecule has 0 atom stereocenters. The molecular formula is C14H12BrF3N2O. The van der Waals surface area contributed by atoms with Gasteiger partial charge in [0.2, 0.25) is 0 Å². The lowest BCUT2D eigenvalue weighted by Crippen LogP contribution is -2.06. The Labute approximate surface area is 128 Å². The quantitative estimate of drug-likeness (QED) is 0.768. The van der Waals surface area contributed by atoms with Crippen LogP contribution in [0.1, 0.15) is 5.56 Å². The fraction of sp³-hybridized carbons (Fsp3) is 0.143. The molecule has 0 aromatic heterocycles. The Bertz CT molecular complexity index is 665. The van der Waals surface area contributed by atoms with Gasteiger partial charge in [-0.25, -0.2) is 4.39 Å². The highest BCUT2D eigenvalue weighted by Gasteiger charge is 2.14. The molecule has 0 amide bonds. The lowest BCUT2D eigenvalue weighted by Gasteiger charge is -2.15. The van der Waals surface area contributed by atoms with Crippen LogP contribution in [0, 0.1) is 12.7 Å². The zero-order valence-corrected chi connectivity index (χ0v) is 12.5. The number of nitrogens with one attached hydrogen (secondary N) is 1. The molecular weight excluding hydrogens is 349 g/mol. The van der Waals surface area contributed by atoms with E-state index in [9.17, 15) is 13.2 Å². The molecule has 3 N–H and O–H groups in total. The number of anilines is 3. The number of rotatable bonds is 4. The number of ether oxygens (including phenoxy) is 1. The lowest BCUT2D eigenvalue weighted by atomic mass is 10.2. The van der Waals surface area contributed by atoms with Gasteiger partial charge in [-0.2, -0.15) is 8.78 Å². The van der Waals surface area contributed by atoms with Gasteiger partial charge in [-0.05, 0) is 24.6 Å². The molecule has 0 saturated heterocycles. The number of hydrogen-bond donors (Lipinski definition) is 2. The summed E-state index contributed by atoms with van der Waals surface area (Å²) < 4.78 is 43.0. The third-order valence-electron chi connectivity index (χ3n) is 2.86. The molecule has 0 radical (unpaired) electrons. The molecule has 0 saturated carbocycles. The minimum absolute atomic E-state index is 0.0912. The molecule has 0 aliphatic rings. The van der Waals surface area contributed by atoms with Crippen LogP contribution in [0.15, 0.2) is 34.8 Å². The van der Waals surface area contributed by atoms with Crippen LogP contribution in [-0.4, -0.2) is 6.61 Å². The Hall–Kier alpha value is -1.89. The maximum Gasteiger partial charge on any atom is 0.387 e. The molecule has 0 aliphatic carbocycles. The summed E-state index contributed by atoms with van der Waals surface area (Å²) >= 11 is 3.38. The Balaban J connectivity index is 2.37. The molecule has 3 nitrogen and oxygen atoms in total. The second-order valence-corrected chi connectivity index (χ2v) is 5.14. The third kappa shape index (κ3) is 3.60. The summed E-state index contributed by atoms with van der Waals surface area (Å²) in [5.74, 6) is -1.50. The van der Waals surface area contributed by atoms with Crippen LogP contribution < -0.4 is 15.8 Å². The second kappa shape index (κ2) is 6.26. The first kappa shape index (κ1) is 15.5. The summed E-state index contributed by atoms with van der Waals surface area (Å²) in [5, 5.41) is 2.98. The minimum Gasteiger partial charge on any atom is -0.432 e. The minimum atomic E-state index is -3.11. The monoisotopic (exact) mass is 360 g/mol. The van der Waals surface area contributed by atoms with E-state index in [-0.39, 0.29) is 11.4 Å². The van der Waals surface area contributed by atoms with Crippen LogP contribution in [0.3, 0.4) is 0 Å². The molecule has 0 heterocycles. The van der Waals surface area contributed by atoms with Crippen molar-refractivity contribution in [2.24, 2.45) is 0 Å². The molecule has 0 unspecified atom stereocenters. The average Bonchev–Trinajstić information content (AvgIpc) is 2.40. The van der Waals surface area contributed by atoms with Crippen molar-refractivity contribution < 1.29 is 17.9 Å². The highest BCUT2D eigenvalue weighted by atomic mass is 79.9. The molecule has 2 rings (SSSR count). The summed E-state index contributed by atoms with van der Waals surface area (Å²) in [6, 6.07) is 7.50. The van der Waals surface area contributed by atoms with Crippen LogP contribution in [0.5, 0.6) is 5.75 Å². The normalized spacial score (nSPS) is 10.8. The summed E-state index contributed by atoms with van der Waals surface area (Å²) in [4.78, 5) is 0. The van der Waals surface area contributed by atoms with E-state index in [0.717, 1.165) is 22.2 Å². The van der Waals surface area contributed by atoms with E-state index >= 15 is 0 Å². The Morgan fingerprint density at radius 1 is 1.24 bits per heavy atom. The van der Waals surface area contributed by atoms with Gasteiger partial charge in [-0.15, -0.1) is 0 Å². The average molecular weight is 361 g/mol. The Morgan fingerprint density at radius 2 is 1.95 bits per heavy atom. The maximum atomic E-state index is 13.5.